The summed E-state index contributed by atoms with van der Waals surface area (Å²) in [6.45, 7) is 3.92. The molecule has 1 fully saturated rings. The largest absolute Gasteiger partial charge is 0.327 e. The third-order valence-electron chi connectivity index (χ3n) is 5.89. The number of amides is 1. The number of hydrogen-bond acceptors (Lipinski definition) is 6. The van der Waals surface area contributed by atoms with Crippen molar-refractivity contribution in [2.24, 2.45) is 0 Å². The van der Waals surface area contributed by atoms with Crippen molar-refractivity contribution in [3.63, 3.8) is 0 Å². The normalized spacial score (nSPS) is 14.3. The number of nitriles is 1. The second-order valence-corrected chi connectivity index (χ2v) is 8.84. The first-order valence-corrected chi connectivity index (χ1v) is 11.6. The topological polar surface area (TPSA) is 101 Å². The molecule has 0 spiro atoms. The van der Waals surface area contributed by atoms with Gasteiger partial charge in [0.15, 0.2) is 0 Å². The van der Waals surface area contributed by atoms with E-state index in [0.717, 1.165) is 48.7 Å². The van der Waals surface area contributed by atoms with Crippen LogP contribution in [-0.4, -0.2) is 36.4 Å². The number of nitrogens with zero attached hydrogens (tertiary/aromatic N) is 6. The molecule has 0 radical (unpaired) electrons. The summed E-state index contributed by atoms with van der Waals surface area (Å²) in [5.41, 5.74) is 2.90. The van der Waals surface area contributed by atoms with E-state index in [9.17, 15) is 14.4 Å². The molecule has 0 unspecified atom stereocenters. The average molecular weight is 454 g/mol. The van der Waals surface area contributed by atoms with Crippen LogP contribution in [0.5, 0.6) is 0 Å². The highest BCUT2D eigenvalue weighted by atomic mass is 32.2. The standard InChI is InChI=1S/C22H24FN7OS/c1-14-15(2)29(17-8-4-3-5-9-17)21(19(14)12-24)25-20(31)13-32-22-26-27-28-30(22)18-10-6-7-16(23)11-18/h6-7,10-11,17H,3-5,8-9,13H2,1-2H3,(H,25,31). The van der Waals surface area contributed by atoms with Crippen molar-refractivity contribution in [1.82, 2.24) is 24.8 Å². The van der Waals surface area contributed by atoms with Crippen molar-refractivity contribution in [3.8, 4) is 11.8 Å². The highest BCUT2D eigenvalue weighted by Gasteiger charge is 2.26. The Balaban J connectivity index is 1.52. The van der Waals surface area contributed by atoms with Crippen LogP contribution in [0.3, 0.4) is 0 Å². The fourth-order valence-electron chi connectivity index (χ4n) is 4.22. The van der Waals surface area contributed by atoms with Gasteiger partial charge in [0.1, 0.15) is 17.7 Å². The molecule has 166 valence electrons. The molecule has 1 amide bonds. The van der Waals surface area contributed by atoms with Crippen LogP contribution < -0.4 is 5.32 Å². The van der Waals surface area contributed by atoms with Crippen LogP contribution in [0.2, 0.25) is 0 Å². The quantitative estimate of drug-likeness (QED) is 0.558. The summed E-state index contributed by atoms with van der Waals surface area (Å²) in [6, 6.07) is 8.46. The molecule has 2 heterocycles. The second kappa shape index (κ2) is 9.53. The molecular formula is C22H24FN7OS. The van der Waals surface area contributed by atoms with Crippen molar-refractivity contribution < 1.29 is 9.18 Å². The molecule has 3 aromatic rings. The Morgan fingerprint density at radius 3 is 2.81 bits per heavy atom. The SMILES string of the molecule is Cc1c(C#N)c(NC(=O)CSc2nnnn2-c2cccc(F)c2)n(C2CCCCC2)c1C. The maximum atomic E-state index is 13.6. The summed E-state index contributed by atoms with van der Waals surface area (Å²) >= 11 is 1.15. The van der Waals surface area contributed by atoms with Gasteiger partial charge in [-0.1, -0.05) is 37.1 Å². The number of aromatic nitrogens is 5. The van der Waals surface area contributed by atoms with Gasteiger partial charge in [-0.15, -0.1) is 5.10 Å². The number of nitrogens with one attached hydrogen (secondary N) is 1. The van der Waals surface area contributed by atoms with Gasteiger partial charge in [-0.3, -0.25) is 4.79 Å². The predicted molar refractivity (Wildman–Crippen MR) is 119 cm³/mol. The van der Waals surface area contributed by atoms with Crippen molar-refractivity contribution >= 4 is 23.5 Å². The van der Waals surface area contributed by atoms with Crippen molar-refractivity contribution in [1.29, 1.82) is 5.26 Å². The van der Waals surface area contributed by atoms with Crippen LogP contribution in [0.1, 0.15) is 55.0 Å². The molecule has 0 saturated heterocycles. The molecule has 4 rings (SSSR count). The highest BCUT2D eigenvalue weighted by Crippen LogP contribution is 2.36. The molecule has 2 aromatic heterocycles. The number of tetrazole rings is 1. The molecule has 1 aliphatic rings. The number of benzene rings is 1. The lowest BCUT2D eigenvalue weighted by molar-refractivity contribution is -0.113. The van der Waals surface area contributed by atoms with E-state index in [2.05, 4.69) is 31.5 Å². The number of hydrogen-bond donors (Lipinski definition) is 1. The average Bonchev–Trinajstić information content (AvgIpc) is 3.35. The van der Waals surface area contributed by atoms with Crippen LogP contribution >= 0.6 is 11.8 Å². The van der Waals surface area contributed by atoms with E-state index in [-0.39, 0.29) is 17.7 Å². The lowest BCUT2D eigenvalue weighted by Crippen LogP contribution is -2.22. The van der Waals surface area contributed by atoms with Gasteiger partial charge in [-0.25, -0.2) is 4.39 Å². The van der Waals surface area contributed by atoms with Gasteiger partial charge in [0.25, 0.3) is 0 Å². The number of halogens is 1. The summed E-state index contributed by atoms with van der Waals surface area (Å²) in [7, 11) is 0. The minimum absolute atomic E-state index is 0.0501. The van der Waals surface area contributed by atoms with Gasteiger partial charge in [0, 0.05) is 11.7 Å². The molecule has 1 saturated carbocycles. The zero-order valence-electron chi connectivity index (χ0n) is 18.0. The molecule has 1 aliphatic carbocycles. The van der Waals surface area contributed by atoms with E-state index < -0.39 is 5.82 Å². The van der Waals surface area contributed by atoms with Gasteiger partial charge >= 0.3 is 0 Å². The van der Waals surface area contributed by atoms with E-state index in [1.165, 1.54) is 23.2 Å². The Labute approximate surface area is 189 Å². The predicted octanol–water partition coefficient (Wildman–Crippen LogP) is 4.33. The van der Waals surface area contributed by atoms with E-state index in [1.54, 1.807) is 12.1 Å². The van der Waals surface area contributed by atoms with Crippen molar-refractivity contribution in [2.75, 3.05) is 11.1 Å². The summed E-state index contributed by atoms with van der Waals surface area (Å²) in [6.07, 6.45) is 5.60. The summed E-state index contributed by atoms with van der Waals surface area (Å²) < 4.78 is 17.1. The van der Waals surface area contributed by atoms with E-state index >= 15 is 0 Å². The van der Waals surface area contributed by atoms with Crippen molar-refractivity contribution in [3.05, 3.63) is 46.9 Å². The van der Waals surface area contributed by atoms with Gasteiger partial charge in [-0.2, -0.15) is 9.94 Å². The number of anilines is 1. The number of carbonyl (C=O) groups excluding carboxylic acids is 1. The Bertz CT molecular complexity index is 1170. The molecule has 0 aliphatic heterocycles. The summed E-state index contributed by atoms with van der Waals surface area (Å²) in [5.74, 6) is -0.0291. The lowest BCUT2D eigenvalue weighted by Gasteiger charge is -2.27. The molecule has 0 bridgehead atoms. The monoisotopic (exact) mass is 453 g/mol. The van der Waals surface area contributed by atoms with E-state index in [1.807, 2.05) is 13.8 Å². The third kappa shape index (κ3) is 4.39. The van der Waals surface area contributed by atoms with Crippen LogP contribution in [0.25, 0.3) is 5.69 Å². The van der Waals surface area contributed by atoms with E-state index in [4.69, 9.17) is 0 Å². The van der Waals surface area contributed by atoms with Crippen molar-refractivity contribution in [2.45, 2.75) is 57.1 Å². The first-order valence-electron chi connectivity index (χ1n) is 10.6. The van der Waals surface area contributed by atoms with Gasteiger partial charge in [0.05, 0.1) is 17.0 Å². The Morgan fingerprint density at radius 2 is 2.09 bits per heavy atom. The molecule has 10 heteroatoms. The number of rotatable bonds is 6. The number of thioether (sulfide) groups is 1. The molecule has 1 aromatic carbocycles. The summed E-state index contributed by atoms with van der Waals surface area (Å²) in [5, 5.41) is 24.6. The highest BCUT2D eigenvalue weighted by molar-refractivity contribution is 7.99. The van der Waals surface area contributed by atoms with Crippen LogP contribution in [0.4, 0.5) is 10.2 Å². The van der Waals surface area contributed by atoms with E-state index in [0.29, 0.717) is 22.2 Å². The Hall–Kier alpha value is -3.19. The molecule has 32 heavy (non-hydrogen) atoms. The first-order chi connectivity index (χ1) is 15.5. The third-order valence-corrected chi connectivity index (χ3v) is 6.81. The summed E-state index contributed by atoms with van der Waals surface area (Å²) in [4.78, 5) is 12.8. The van der Waals surface area contributed by atoms with Crippen LogP contribution in [-0.2, 0) is 4.79 Å². The zero-order chi connectivity index (χ0) is 22.7. The fourth-order valence-corrected chi connectivity index (χ4v) is 4.91. The number of carbonyl (C=O) groups is 1. The minimum Gasteiger partial charge on any atom is -0.327 e. The Kier molecular flexibility index (Phi) is 6.55. The van der Waals surface area contributed by atoms with Gasteiger partial charge in [0.2, 0.25) is 11.1 Å². The van der Waals surface area contributed by atoms with Gasteiger partial charge < -0.3 is 9.88 Å². The lowest BCUT2D eigenvalue weighted by atomic mass is 9.95. The molecular weight excluding hydrogens is 429 g/mol. The maximum absolute atomic E-state index is 13.6. The maximum Gasteiger partial charge on any atom is 0.235 e. The molecule has 1 N–H and O–H groups in total. The molecule has 8 nitrogen and oxygen atoms in total. The minimum atomic E-state index is -0.398. The molecule has 0 atom stereocenters. The van der Waals surface area contributed by atoms with Crippen LogP contribution in [0.15, 0.2) is 29.4 Å². The Morgan fingerprint density at radius 1 is 1.31 bits per heavy atom. The first kappa shape index (κ1) is 22.0. The van der Waals surface area contributed by atoms with Gasteiger partial charge in [-0.05, 0) is 60.9 Å². The second-order valence-electron chi connectivity index (χ2n) is 7.90. The fraction of sp³-hybridized carbons (Fsp3) is 0.409. The smallest absolute Gasteiger partial charge is 0.235 e. The van der Waals surface area contributed by atoms with Crippen LogP contribution in [0, 0.1) is 31.0 Å². The zero-order valence-corrected chi connectivity index (χ0v) is 18.8.